The number of amidine groups is 1. The maximum atomic E-state index is 11.7. The molecule has 4 nitrogen and oxygen atoms in total. The SMILES string of the molecule is CC1=C(C)C(C)C(N(C(=NC(C)C)C(=O)O)C(C)C)=C1C. The highest BCUT2D eigenvalue weighted by atomic mass is 16.4. The van der Waals surface area contributed by atoms with Crippen molar-refractivity contribution in [3.63, 3.8) is 0 Å². The average Bonchev–Trinajstić information content (AvgIpc) is 2.54. The smallest absolute Gasteiger partial charge is 0.371 e. The van der Waals surface area contributed by atoms with Gasteiger partial charge in [0.1, 0.15) is 0 Å². The molecule has 0 spiro atoms. The van der Waals surface area contributed by atoms with Gasteiger partial charge in [-0.3, -0.25) is 4.99 Å². The Balaban J connectivity index is 3.43. The van der Waals surface area contributed by atoms with Crippen LogP contribution in [0.4, 0.5) is 0 Å². The molecular weight excluding hydrogens is 264 g/mol. The van der Waals surface area contributed by atoms with Gasteiger partial charge in [0.2, 0.25) is 5.84 Å². The summed E-state index contributed by atoms with van der Waals surface area (Å²) in [4.78, 5) is 17.9. The van der Waals surface area contributed by atoms with Gasteiger partial charge in [-0.1, -0.05) is 12.5 Å². The Morgan fingerprint density at radius 3 is 1.95 bits per heavy atom. The molecule has 118 valence electrons. The highest BCUT2D eigenvalue weighted by molar-refractivity contribution is 6.35. The summed E-state index contributed by atoms with van der Waals surface area (Å²) < 4.78 is 0. The van der Waals surface area contributed by atoms with E-state index in [0.29, 0.717) is 0 Å². The van der Waals surface area contributed by atoms with Crippen LogP contribution in [0.15, 0.2) is 27.4 Å². The van der Waals surface area contributed by atoms with E-state index in [0.717, 1.165) is 5.70 Å². The molecule has 0 fully saturated rings. The second-order valence-corrected chi connectivity index (χ2v) is 6.36. The van der Waals surface area contributed by atoms with Gasteiger partial charge in [0.25, 0.3) is 0 Å². The first-order valence-corrected chi connectivity index (χ1v) is 7.58. The Kier molecular flexibility index (Phi) is 5.37. The summed E-state index contributed by atoms with van der Waals surface area (Å²) in [5.41, 5.74) is 4.81. The summed E-state index contributed by atoms with van der Waals surface area (Å²) >= 11 is 0. The fourth-order valence-electron chi connectivity index (χ4n) is 2.83. The van der Waals surface area contributed by atoms with Crippen molar-refractivity contribution in [3.8, 4) is 0 Å². The zero-order chi connectivity index (χ0) is 16.5. The zero-order valence-corrected chi connectivity index (χ0v) is 14.5. The summed E-state index contributed by atoms with van der Waals surface area (Å²) in [6, 6.07) is -0.00480. The molecule has 0 amide bonds. The molecule has 1 atom stereocenters. The quantitative estimate of drug-likeness (QED) is 0.635. The minimum absolute atomic E-state index is 0.0460. The van der Waals surface area contributed by atoms with Crippen LogP contribution < -0.4 is 0 Å². The van der Waals surface area contributed by atoms with E-state index in [4.69, 9.17) is 0 Å². The minimum atomic E-state index is -0.966. The molecule has 0 aromatic heterocycles. The van der Waals surface area contributed by atoms with E-state index < -0.39 is 5.97 Å². The highest BCUT2D eigenvalue weighted by Crippen LogP contribution is 2.39. The summed E-state index contributed by atoms with van der Waals surface area (Å²) in [6.07, 6.45) is 0. The van der Waals surface area contributed by atoms with Gasteiger partial charge in [-0.2, -0.15) is 0 Å². The maximum Gasteiger partial charge on any atom is 0.371 e. The number of hydrogen-bond acceptors (Lipinski definition) is 2. The van der Waals surface area contributed by atoms with Crippen LogP contribution in [0.3, 0.4) is 0 Å². The van der Waals surface area contributed by atoms with Crippen LogP contribution in [0.25, 0.3) is 0 Å². The number of rotatable bonds is 3. The van der Waals surface area contributed by atoms with Crippen molar-refractivity contribution in [2.24, 2.45) is 10.9 Å². The molecule has 0 saturated heterocycles. The van der Waals surface area contributed by atoms with Crippen molar-refractivity contribution < 1.29 is 9.90 Å². The molecule has 1 aliphatic rings. The lowest BCUT2D eigenvalue weighted by Gasteiger charge is -2.33. The second kappa shape index (κ2) is 6.46. The third kappa shape index (κ3) is 3.36. The number of nitrogens with zero attached hydrogens (tertiary/aromatic N) is 2. The molecule has 0 aliphatic heterocycles. The second-order valence-electron chi connectivity index (χ2n) is 6.36. The van der Waals surface area contributed by atoms with Crippen molar-refractivity contribution in [3.05, 3.63) is 22.4 Å². The van der Waals surface area contributed by atoms with Crippen molar-refractivity contribution >= 4 is 11.8 Å². The van der Waals surface area contributed by atoms with Gasteiger partial charge in [-0.25, -0.2) is 4.79 Å². The van der Waals surface area contributed by atoms with Gasteiger partial charge in [0.05, 0.1) is 0 Å². The number of allylic oxidation sites excluding steroid dienone is 3. The predicted octanol–water partition coefficient (Wildman–Crippen LogP) is 3.85. The molecular formula is C17H28N2O2. The van der Waals surface area contributed by atoms with Crippen LogP contribution in [0, 0.1) is 5.92 Å². The maximum absolute atomic E-state index is 11.7. The van der Waals surface area contributed by atoms with E-state index >= 15 is 0 Å². The normalized spacial score (nSPS) is 20.1. The number of carbonyl (C=O) groups is 1. The summed E-state index contributed by atoms with van der Waals surface area (Å²) in [5.74, 6) is -0.597. The molecule has 1 unspecified atom stereocenters. The first-order valence-electron chi connectivity index (χ1n) is 7.58. The largest absolute Gasteiger partial charge is 0.475 e. The summed E-state index contributed by atoms with van der Waals surface area (Å²) in [5, 5.41) is 9.60. The minimum Gasteiger partial charge on any atom is -0.475 e. The number of aliphatic imine (C=N–C) groups is 1. The van der Waals surface area contributed by atoms with Crippen molar-refractivity contribution in [1.29, 1.82) is 0 Å². The van der Waals surface area contributed by atoms with Gasteiger partial charge < -0.3 is 10.0 Å². The van der Waals surface area contributed by atoms with Gasteiger partial charge in [0.15, 0.2) is 0 Å². The van der Waals surface area contributed by atoms with Gasteiger partial charge in [0, 0.05) is 23.7 Å². The third-order valence-electron chi connectivity index (χ3n) is 4.17. The van der Waals surface area contributed by atoms with Gasteiger partial charge >= 0.3 is 5.97 Å². The third-order valence-corrected chi connectivity index (χ3v) is 4.17. The van der Waals surface area contributed by atoms with Crippen molar-refractivity contribution in [2.75, 3.05) is 0 Å². The standard InChI is InChI=1S/C17H28N2O2/c1-9(2)18-16(17(20)21)19(10(3)4)15-13(7)11(5)12(6)14(15)8/h9-10,13H,1-8H3,(H,20,21). The molecule has 0 aromatic carbocycles. The van der Waals surface area contributed by atoms with E-state index in [1.807, 2.05) is 32.6 Å². The topological polar surface area (TPSA) is 52.9 Å². The Labute approximate surface area is 128 Å². The Hall–Kier alpha value is -1.58. The van der Waals surface area contributed by atoms with Crippen molar-refractivity contribution in [1.82, 2.24) is 4.90 Å². The number of hydrogen-bond donors (Lipinski definition) is 1. The van der Waals surface area contributed by atoms with E-state index in [9.17, 15) is 9.90 Å². The van der Waals surface area contributed by atoms with Crippen LogP contribution in [-0.4, -0.2) is 33.9 Å². The van der Waals surface area contributed by atoms with E-state index in [2.05, 4.69) is 32.7 Å². The average molecular weight is 292 g/mol. The van der Waals surface area contributed by atoms with Crippen LogP contribution in [0.2, 0.25) is 0 Å². The highest BCUT2D eigenvalue weighted by Gasteiger charge is 2.33. The molecule has 1 aliphatic carbocycles. The van der Waals surface area contributed by atoms with Crippen LogP contribution in [0.1, 0.15) is 55.4 Å². The lowest BCUT2D eigenvalue weighted by Crippen LogP contribution is -2.43. The Bertz CT molecular complexity index is 525. The molecule has 21 heavy (non-hydrogen) atoms. The number of aliphatic carboxylic acids is 1. The van der Waals surface area contributed by atoms with Gasteiger partial charge in [-0.15, -0.1) is 0 Å². The molecule has 0 heterocycles. The predicted molar refractivity (Wildman–Crippen MR) is 87.4 cm³/mol. The van der Waals surface area contributed by atoms with Crippen LogP contribution in [0.5, 0.6) is 0 Å². The van der Waals surface area contributed by atoms with Gasteiger partial charge in [-0.05, 0) is 59.6 Å². The molecule has 0 bridgehead atoms. The first kappa shape index (κ1) is 17.5. The Morgan fingerprint density at radius 1 is 1.14 bits per heavy atom. The number of carboxylic acids is 1. The monoisotopic (exact) mass is 292 g/mol. The fraction of sp³-hybridized carbons (Fsp3) is 0.647. The first-order chi connectivity index (χ1) is 9.59. The number of carboxylic acid groups (broad SMARTS) is 1. The van der Waals surface area contributed by atoms with Crippen LogP contribution >= 0.6 is 0 Å². The molecule has 1 rings (SSSR count). The van der Waals surface area contributed by atoms with E-state index in [1.54, 1.807) is 0 Å². The molecule has 0 saturated carbocycles. The molecule has 1 N–H and O–H groups in total. The zero-order valence-electron chi connectivity index (χ0n) is 14.5. The molecule has 4 heteroatoms. The Morgan fingerprint density at radius 2 is 1.67 bits per heavy atom. The fourth-order valence-corrected chi connectivity index (χ4v) is 2.83. The summed E-state index contributed by atoms with van der Waals surface area (Å²) in [6.45, 7) is 16.2. The molecule has 0 radical (unpaired) electrons. The summed E-state index contributed by atoms with van der Waals surface area (Å²) in [7, 11) is 0. The van der Waals surface area contributed by atoms with Crippen molar-refractivity contribution in [2.45, 2.75) is 67.5 Å². The lowest BCUT2D eigenvalue weighted by molar-refractivity contribution is -0.130. The lowest BCUT2D eigenvalue weighted by atomic mass is 10.0. The molecule has 0 aromatic rings. The van der Waals surface area contributed by atoms with E-state index in [-0.39, 0.29) is 23.8 Å². The van der Waals surface area contributed by atoms with Crippen LogP contribution in [-0.2, 0) is 4.79 Å². The van der Waals surface area contributed by atoms with E-state index in [1.165, 1.54) is 16.7 Å².